The number of piperazine rings is 1. The monoisotopic (exact) mass is 407 g/mol. The zero-order valence-corrected chi connectivity index (χ0v) is 17.3. The van der Waals surface area contributed by atoms with E-state index in [4.69, 9.17) is 4.74 Å². The summed E-state index contributed by atoms with van der Waals surface area (Å²) in [5, 5.41) is 3.78. The highest BCUT2D eigenvalue weighted by Gasteiger charge is 2.31. The number of hydrogen-bond acceptors (Lipinski definition) is 4. The maximum absolute atomic E-state index is 13.1. The molecule has 1 saturated heterocycles. The second-order valence-corrected chi connectivity index (χ2v) is 7.60. The van der Waals surface area contributed by atoms with Gasteiger partial charge in [0.1, 0.15) is 5.69 Å². The zero-order chi connectivity index (χ0) is 21.1. The molecule has 2 heterocycles. The molecule has 0 radical (unpaired) electrons. The molecule has 0 saturated carbocycles. The van der Waals surface area contributed by atoms with Crippen molar-refractivity contribution in [3.8, 4) is 0 Å². The normalized spacial score (nSPS) is 15.7. The molecule has 30 heavy (non-hydrogen) atoms. The van der Waals surface area contributed by atoms with E-state index in [9.17, 15) is 9.59 Å². The first-order valence-corrected chi connectivity index (χ1v) is 10.2. The molecule has 0 spiro atoms. The molecule has 1 amide bonds. The van der Waals surface area contributed by atoms with Crippen LogP contribution in [-0.2, 0) is 9.53 Å². The van der Waals surface area contributed by atoms with E-state index in [2.05, 4.69) is 27.3 Å². The summed E-state index contributed by atoms with van der Waals surface area (Å²) >= 11 is 0. The van der Waals surface area contributed by atoms with Crippen molar-refractivity contribution in [1.29, 1.82) is 0 Å². The topological polar surface area (TPSA) is 78.9 Å². The van der Waals surface area contributed by atoms with Crippen LogP contribution in [0.1, 0.15) is 17.4 Å². The van der Waals surface area contributed by atoms with Crippen LogP contribution in [0.15, 0.2) is 54.6 Å². The number of para-hydroxylation sites is 2. The number of rotatable bonds is 5. The summed E-state index contributed by atoms with van der Waals surface area (Å²) in [6, 6.07) is 17.6. The summed E-state index contributed by atoms with van der Waals surface area (Å²) in [4.78, 5) is 31.9. The lowest BCUT2D eigenvalue weighted by Gasteiger charge is -2.36. The summed E-state index contributed by atoms with van der Waals surface area (Å²) in [6.45, 7) is 5.49. The molecule has 7 nitrogen and oxygen atoms in total. The number of carbonyl (C=O) groups is 2. The number of methoxy groups -OCH3 is 1. The van der Waals surface area contributed by atoms with Crippen molar-refractivity contribution in [2.75, 3.05) is 43.5 Å². The number of H-pyrrole nitrogens is 1. The summed E-state index contributed by atoms with van der Waals surface area (Å²) < 4.78 is 4.89. The number of benzene rings is 2. The van der Waals surface area contributed by atoms with E-state index in [0.717, 1.165) is 37.1 Å². The second kappa shape index (κ2) is 8.59. The van der Waals surface area contributed by atoms with Gasteiger partial charge in [-0.3, -0.25) is 4.79 Å². The lowest BCUT2D eigenvalue weighted by molar-refractivity contribution is -0.914. The van der Waals surface area contributed by atoms with Crippen LogP contribution in [0.2, 0.25) is 0 Å². The summed E-state index contributed by atoms with van der Waals surface area (Å²) in [7, 11) is 1.33. The van der Waals surface area contributed by atoms with E-state index in [-0.39, 0.29) is 17.6 Å². The highest BCUT2D eigenvalue weighted by atomic mass is 16.5. The van der Waals surface area contributed by atoms with Gasteiger partial charge < -0.3 is 24.8 Å². The summed E-state index contributed by atoms with van der Waals surface area (Å²) in [5.74, 6) is -0.606. The van der Waals surface area contributed by atoms with Gasteiger partial charge in [0, 0.05) is 16.6 Å². The smallest absolute Gasteiger partial charge is 0.356 e. The Balaban J connectivity index is 1.46. The van der Waals surface area contributed by atoms with Crippen LogP contribution in [0.5, 0.6) is 0 Å². The average molecular weight is 407 g/mol. The molecular weight excluding hydrogens is 380 g/mol. The van der Waals surface area contributed by atoms with Crippen molar-refractivity contribution < 1.29 is 19.2 Å². The number of amides is 1. The maximum Gasteiger partial charge on any atom is 0.356 e. The van der Waals surface area contributed by atoms with Crippen LogP contribution in [0.25, 0.3) is 10.9 Å². The maximum atomic E-state index is 13.1. The third kappa shape index (κ3) is 3.89. The number of nitrogens with zero attached hydrogens (tertiary/aromatic N) is 1. The van der Waals surface area contributed by atoms with Crippen LogP contribution in [0.3, 0.4) is 0 Å². The minimum Gasteiger partial charge on any atom is -0.464 e. The Morgan fingerprint density at radius 2 is 1.73 bits per heavy atom. The second-order valence-electron chi connectivity index (χ2n) is 7.60. The van der Waals surface area contributed by atoms with Gasteiger partial charge in [-0.25, -0.2) is 4.79 Å². The predicted molar refractivity (Wildman–Crippen MR) is 117 cm³/mol. The number of anilines is 2. The van der Waals surface area contributed by atoms with Crippen LogP contribution in [-0.4, -0.2) is 56.2 Å². The first kappa shape index (κ1) is 20.0. The third-order valence-corrected chi connectivity index (χ3v) is 5.88. The molecule has 1 fully saturated rings. The van der Waals surface area contributed by atoms with Crippen LogP contribution < -0.4 is 15.1 Å². The summed E-state index contributed by atoms with van der Waals surface area (Å²) in [6.07, 6.45) is 0. The Kier molecular flexibility index (Phi) is 5.72. The number of quaternary nitrogens is 1. The number of aromatic nitrogens is 1. The van der Waals surface area contributed by atoms with Crippen molar-refractivity contribution >= 4 is 34.2 Å². The first-order chi connectivity index (χ1) is 14.6. The Hall–Kier alpha value is -3.32. The number of fused-ring (bicyclic) bond motifs is 1. The molecular formula is C23H27N4O3+. The van der Waals surface area contributed by atoms with Gasteiger partial charge in [-0.2, -0.15) is 0 Å². The first-order valence-electron chi connectivity index (χ1n) is 10.2. The van der Waals surface area contributed by atoms with Gasteiger partial charge in [-0.05, 0) is 25.1 Å². The Labute approximate surface area is 175 Å². The largest absolute Gasteiger partial charge is 0.464 e. The standard InChI is InChI=1S/C23H26N4O3/c1-16(26-12-14-27(15-13-26)17-8-4-3-5-9-17)22(28)25-20-18-10-6-7-11-19(18)24-21(20)23(29)30-2/h3-11,16,24H,12-15H2,1-2H3,(H,25,28)/p+1/t16-/m1/s1. The van der Waals surface area contributed by atoms with Gasteiger partial charge in [-0.15, -0.1) is 0 Å². The van der Waals surface area contributed by atoms with Crippen molar-refractivity contribution in [1.82, 2.24) is 4.98 Å². The van der Waals surface area contributed by atoms with Gasteiger partial charge in [-0.1, -0.05) is 36.4 Å². The predicted octanol–water partition coefficient (Wildman–Crippen LogP) is 1.69. The number of ether oxygens (including phenoxy) is 1. The van der Waals surface area contributed by atoms with Crippen molar-refractivity contribution in [2.45, 2.75) is 13.0 Å². The van der Waals surface area contributed by atoms with Crippen LogP contribution in [0, 0.1) is 0 Å². The summed E-state index contributed by atoms with van der Waals surface area (Å²) in [5.41, 5.74) is 2.75. The molecule has 2 aromatic carbocycles. The lowest BCUT2D eigenvalue weighted by atomic mass is 10.1. The van der Waals surface area contributed by atoms with E-state index < -0.39 is 5.97 Å². The number of carbonyl (C=O) groups excluding carboxylic acids is 2. The lowest BCUT2D eigenvalue weighted by Crippen LogP contribution is -3.19. The van der Waals surface area contributed by atoms with E-state index in [1.54, 1.807) is 0 Å². The Morgan fingerprint density at radius 3 is 2.43 bits per heavy atom. The number of hydrogen-bond donors (Lipinski definition) is 3. The fraction of sp³-hybridized carbons (Fsp3) is 0.304. The molecule has 1 aliphatic rings. The van der Waals surface area contributed by atoms with Gasteiger partial charge in [0.25, 0.3) is 5.91 Å². The molecule has 0 aliphatic carbocycles. The number of esters is 1. The van der Waals surface area contributed by atoms with E-state index in [1.807, 2.05) is 49.4 Å². The SMILES string of the molecule is COC(=O)c1[nH]c2ccccc2c1NC(=O)[C@@H](C)[NH+]1CCN(c2ccccc2)CC1. The van der Waals surface area contributed by atoms with E-state index >= 15 is 0 Å². The molecule has 7 heteroatoms. The minimum atomic E-state index is -0.502. The number of aromatic amines is 1. The quantitative estimate of drug-likeness (QED) is 0.563. The van der Waals surface area contributed by atoms with Gasteiger partial charge in [0.05, 0.1) is 39.0 Å². The Morgan fingerprint density at radius 1 is 1.07 bits per heavy atom. The molecule has 0 unspecified atom stereocenters. The molecule has 1 atom stereocenters. The molecule has 4 rings (SSSR count). The molecule has 1 aliphatic heterocycles. The molecule has 3 N–H and O–H groups in total. The fourth-order valence-electron chi connectivity index (χ4n) is 4.07. The van der Waals surface area contributed by atoms with Crippen LogP contribution in [0.4, 0.5) is 11.4 Å². The third-order valence-electron chi connectivity index (χ3n) is 5.88. The average Bonchev–Trinajstić information content (AvgIpc) is 3.17. The van der Waals surface area contributed by atoms with Crippen molar-refractivity contribution in [3.05, 3.63) is 60.3 Å². The minimum absolute atomic E-state index is 0.104. The molecule has 0 bridgehead atoms. The highest BCUT2D eigenvalue weighted by Crippen LogP contribution is 2.28. The van der Waals surface area contributed by atoms with E-state index in [0.29, 0.717) is 5.69 Å². The molecule has 1 aromatic heterocycles. The molecule has 156 valence electrons. The van der Waals surface area contributed by atoms with Gasteiger partial charge >= 0.3 is 5.97 Å². The van der Waals surface area contributed by atoms with Crippen LogP contribution >= 0.6 is 0 Å². The van der Waals surface area contributed by atoms with E-state index in [1.165, 1.54) is 17.7 Å². The Bertz CT molecular complexity index is 1040. The molecule has 3 aromatic rings. The van der Waals surface area contributed by atoms with Gasteiger partial charge in [0.15, 0.2) is 6.04 Å². The highest BCUT2D eigenvalue weighted by molar-refractivity contribution is 6.11. The number of nitrogens with one attached hydrogen (secondary N) is 3. The van der Waals surface area contributed by atoms with Gasteiger partial charge in [0.2, 0.25) is 0 Å². The zero-order valence-electron chi connectivity index (χ0n) is 17.3. The van der Waals surface area contributed by atoms with Crippen molar-refractivity contribution in [3.63, 3.8) is 0 Å². The van der Waals surface area contributed by atoms with Crippen molar-refractivity contribution in [2.24, 2.45) is 0 Å². The fourth-order valence-corrected chi connectivity index (χ4v) is 4.07.